The lowest BCUT2D eigenvalue weighted by molar-refractivity contribution is -0.122. The first kappa shape index (κ1) is 17.6. The first-order valence-corrected chi connectivity index (χ1v) is 8.74. The zero-order valence-electron chi connectivity index (χ0n) is 13.6. The normalized spacial score (nSPS) is 12.0. The minimum atomic E-state index is -0.645. The van der Waals surface area contributed by atoms with Gasteiger partial charge in [-0.25, -0.2) is 0 Å². The van der Waals surface area contributed by atoms with E-state index in [1.807, 2.05) is 49.4 Å². The van der Waals surface area contributed by atoms with Gasteiger partial charge in [0.15, 0.2) is 6.10 Å². The number of amides is 1. The Morgan fingerprint density at radius 3 is 2.36 bits per heavy atom. The minimum Gasteiger partial charge on any atom is -0.481 e. The van der Waals surface area contributed by atoms with Gasteiger partial charge >= 0.3 is 0 Å². The number of nitrogens with one attached hydrogen (secondary N) is 1. The summed E-state index contributed by atoms with van der Waals surface area (Å²) in [5.41, 5.74) is 0.399. The second-order valence-corrected chi connectivity index (χ2v) is 6.42. The lowest BCUT2D eigenvalue weighted by atomic mass is 10.1. The van der Waals surface area contributed by atoms with Crippen molar-refractivity contribution in [3.63, 3.8) is 0 Å². The SMILES string of the molecule is CCC(Oc1ccc2ccccc2c1)C(=O)Nc1c(Cl)cccc1Cl. The van der Waals surface area contributed by atoms with E-state index in [2.05, 4.69) is 5.32 Å². The maximum atomic E-state index is 12.6. The van der Waals surface area contributed by atoms with Crippen LogP contribution >= 0.6 is 23.2 Å². The van der Waals surface area contributed by atoms with Crippen LogP contribution in [0.2, 0.25) is 10.0 Å². The summed E-state index contributed by atoms with van der Waals surface area (Å²) >= 11 is 12.2. The number of anilines is 1. The summed E-state index contributed by atoms with van der Waals surface area (Å²) in [6.07, 6.45) is -0.130. The largest absolute Gasteiger partial charge is 0.481 e. The first-order chi connectivity index (χ1) is 12.1. The molecule has 1 atom stereocenters. The van der Waals surface area contributed by atoms with Crippen LogP contribution in [0.5, 0.6) is 5.75 Å². The summed E-state index contributed by atoms with van der Waals surface area (Å²) in [5.74, 6) is 0.358. The second kappa shape index (κ2) is 7.77. The van der Waals surface area contributed by atoms with Gasteiger partial charge in [-0.2, -0.15) is 0 Å². The molecule has 0 fully saturated rings. The van der Waals surface area contributed by atoms with Crippen molar-refractivity contribution in [1.82, 2.24) is 0 Å². The van der Waals surface area contributed by atoms with Gasteiger partial charge < -0.3 is 10.1 Å². The zero-order chi connectivity index (χ0) is 17.8. The fourth-order valence-corrected chi connectivity index (χ4v) is 3.04. The maximum Gasteiger partial charge on any atom is 0.265 e. The van der Waals surface area contributed by atoms with Crippen molar-refractivity contribution in [3.05, 3.63) is 70.7 Å². The monoisotopic (exact) mass is 373 g/mol. The van der Waals surface area contributed by atoms with Gasteiger partial charge in [0.1, 0.15) is 5.75 Å². The molecule has 3 aromatic rings. The third-order valence-corrected chi connectivity index (χ3v) is 4.50. The van der Waals surface area contributed by atoms with E-state index >= 15 is 0 Å². The molecule has 1 amide bonds. The van der Waals surface area contributed by atoms with E-state index in [0.29, 0.717) is 27.9 Å². The maximum absolute atomic E-state index is 12.6. The molecule has 0 aliphatic carbocycles. The number of carbonyl (C=O) groups is 1. The molecule has 3 nitrogen and oxygen atoms in total. The van der Waals surface area contributed by atoms with Crippen LogP contribution in [-0.2, 0) is 4.79 Å². The number of hydrogen-bond acceptors (Lipinski definition) is 2. The number of fused-ring (bicyclic) bond motifs is 1. The number of benzene rings is 3. The van der Waals surface area contributed by atoms with Gasteiger partial charge in [-0.15, -0.1) is 0 Å². The molecular formula is C20H17Cl2NO2. The molecule has 1 N–H and O–H groups in total. The third-order valence-electron chi connectivity index (χ3n) is 3.87. The smallest absolute Gasteiger partial charge is 0.265 e. The van der Waals surface area contributed by atoms with Crippen LogP contribution in [0.3, 0.4) is 0 Å². The number of ether oxygens (including phenoxy) is 1. The van der Waals surface area contributed by atoms with Gasteiger partial charge in [-0.1, -0.05) is 66.5 Å². The van der Waals surface area contributed by atoms with Crippen molar-refractivity contribution in [2.45, 2.75) is 19.4 Å². The summed E-state index contributed by atoms with van der Waals surface area (Å²) in [5, 5.41) is 5.72. The molecular weight excluding hydrogens is 357 g/mol. The van der Waals surface area contributed by atoms with Gasteiger partial charge in [-0.3, -0.25) is 4.79 Å². The highest BCUT2D eigenvalue weighted by Crippen LogP contribution is 2.30. The van der Waals surface area contributed by atoms with E-state index in [1.54, 1.807) is 18.2 Å². The lowest BCUT2D eigenvalue weighted by Crippen LogP contribution is -2.32. The van der Waals surface area contributed by atoms with Crippen molar-refractivity contribution >= 4 is 45.6 Å². The van der Waals surface area contributed by atoms with Crippen LogP contribution in [0.1, 0.15) is 13.3 Å². The molecule has 1 unspecified atom stereocenters. The molecule has 0 bridgehead atoms. The molecule has 25 heavy (non-hydrogen) atoms. The predicted octanol–water partition coefficient (Wildman–Crippen LogP) is 5.94. The molecule has 0 saturated heterocycles. The van der Waals surface area contributed by atoms with E-state index in [4.69, 9.17) is 27.9 Å². The number of carbonyl (C=O) groups excluding carboxylic acids is 1. The highest BCUT2D eigenvalue weighted by Gasteiger charge is 2.20. The fourth-order valence-electron chi connectivity index (χ4n) is 2.55. The Bertz CT molecular complexity index is 891. The number of para-hydroxylation sites is 1. The molecule has 0 aliphatic heterocycles. The Hall–Kier alpha value is -2.23. The zero-order valence-corrected chi connectivity index (χ0v) is 15.1. The predicted molar refractivity (Wildman–Crippen MR) is 104 cm³/mol. The summed E-state index contributed by atoms with van der Waals surface area (Å²) in [7, 11) is 0. The topological polar surface area (TPSA) is 38.3 Å². The van der Waals surface area contributed by atoms with Crippen molar-refractivity contribution in [1.29, 1.82) is 0 Å². The Kier molecular flexibility index (Phi) is 5.47. The average Bonchev–Trinajstić information content (AvgIpc) is 2.62. The Morgan fingerprint density at radius 1 is 1.00 bits per heavy atom. The van der Waals surface area contributed by atoms with Gasteiger partial charge in [0.05, 0.1) is 15.7 Å². The first-order valence-electron chi connectivity index (χ1n) is 7.99. The van der Waals surface area contributed by atoms with Crippen LogP contribution in [-0.4, -0.2) is 12.0 Å². The van der Waals surface area contributed by atoms with E-state index in [-0.39, 0.29) is 5.91 Å². The molecule has 3 aromatic carbocycles. The van der Waals surface area contributed by atoms with Crippen molar-refractivity contribution < 1.29 is 9.53 Å². The van der Waals surface area contributed by atoms with E-state index in [9.17, 15) is 4.79 Å². The van der Waals surface area contributed by atoms with Crippen molar-refractivity contribution in [2.75, 3.05) is 5.32 Å². The van der Waals surface area contributed by atoms with Gasteiger partial charge in [-0.05, 0) is 41.5 Å². The molecule has 0 radical (unpaired) electrons. The van der Waals surface area contributed by atoms with Crippen LogP contribution in [0.25, 0.3) is 10.8 Å². The minimum absolute atomic E-state index is 0.286. The summed E-state index contributed by atoms with van der Waals surface area (Å²) < 4.78 is 5.89. The molecule has 0 aromatic heterocycles. The van der Waals surface area contributed by atoms with E-state index < -0.39 is 6.10 Å². The van der Waals surface area contributed by atoms with Gasteiger partial charge in [0, 0.05) is 0 Å². The summed E-state index contributed by atoms with van der Waals surface area (Å²) in [6, 6.07) is 18.8. The fraction of sp³-hybridized carbons (Fsp3) is 0.150. The molecule has 0 saturated carbocycles. The average molecular weight is 374 g/mol. The van der Waals surface area contributed by atoms with Crippen LogP contribution in [0, 0.1) is 0 Å². The highest BCUT2D eigenvalue weighted by molar-refractivity contribution is 6.39. The van der Waals surface area contributed by atoms with E-state index in [1.165, 1.54) is 0 Å². The molecule has 0 aliphatic rings. The standard InChI is InChI=1S/C20H17Cl2NO2/c1-2-18(20(24)23-19-16(21)8-5-9-17(19)22)25-15-11-10-13-6-3-4-7-14(13)12-15/h3-12,18H,2H2,1H3,(H,23,24). The molecule has 128 valence electrons. The van der Waals surface area contributed by atoms with Gasteiger partial charge in [0.2, 0.25) is 0 Å². The molecule has 3 rings (SSSR count). The van der Waals surface area contributed by atoms with Crippen LogP contribution in [0.4, 0.5) is 5.69 Å². The number of hydrogen-bond donors (Lipinski definition) is 1. The quantitative estimate of drug-likeness (QED) is 0.600. The van der Waals surface area contributed by atoms with Crippen molar-refractivity contribution in [2.24, 2.45) is 0 Å². The third kappa shape index (κ3) is 4.06. The lowest BCUT2D eigenvalue weighted by Gasteiger charge is -2.18. The Balaban J connectivity index is 1.78. The highest BCUT2D eigenvalue weighted by atomic mass is 35.5. The van der Waals surface area contributed by atoms with Gasteiger partial charge in [0.25, 0.3) is 5.91 Å². The summed E-state index contributed by atoms with van der Waals surface area (Å²) in [4.78, 5) is 12.6. The van der Waals surface area contributed by atoms with Crippen LogP contribution < -0.4 is 10.1 Å². The van der Waals surface area contributed by atoms with Crippen molar-refractivity contribution in [3.8, 4) is 5.75 Å². The molecule has 0 spiro atoms. The Morgan fingerprint density at radius 2 is 1.68 bits per heavy atom. The molecule has 0 heterocycles. The number of halogens is 2. The second-order valence-electron chi connectivity index (χ2n) is 5.61. The summed E-state index contributed by atoms with van der Waals surface area (Å²) in [6.45, 7) is 1.89. The number of rotatable bonds is 5. The van der Waals surface area contributed by atoms with E-state index in [0.717, 1.165) is 10.8 Å². The molecule has 5 heteroatoms. The Labute approximate surface area is 156 Å². The van der Waals surface area contributed by atoms with Crippen LogP contribution in [0.15, 0.2) is 60.7 Å².